The number of carbonyl (C=O) groups excluding carboxylic acids is 2. The van der Waals surface area contributed by atoms with E-state index < -0.39 is 6.04 Å². The number of carbonyl (C=O) groups is 2. The molecular formula is C19H20Cl3N3O3. The van der Waals surface area contributed by atoms with E-state index in [0.717, 1.165) is 0 Å². The van der Waals surface area contributed by atoms with E-state index in [-0.39, 0.29) is 11.8 Å². The zero-order chi connectivity index (χ0) is 20.4. The molecule has 0 saturated carbocycles. The van der Waals surface area contributed by atoms with E-state index in [2.05, 4.69) is 5.32 Å². The van der Waals surface area contributed by atoms with Gasteiger partial charge in [0.25, 0.3) is 5.91 Å². The molecule has 2 aromatic rings. The van der Waals surface area contributed by atoms with Crippen molar-refractivity contribution in [3.8, 4) is 0 Å². The van der Waals surface area contributed by atoms with Crippen LogP contribution in [0.3, 0.4) is 0 Å². The Morgan fingerprint density at radius 2 is 1.68 bits per heavy atom. The maximum absolute atomic E-state index is 12.6. The van der Waals surface area contributed by atoms with Crippen molar-refractivity contribution in [2.45, 2.75) is 19.9 Å². The molecule has 1 aliphatic heterocycles. The van der Waals surface area contributed by atoms with Crippen LogP contribution < -0.4 is 5.32 Å². The molecule has 2 amide bonds. The monoisotopic (exact) mass is 443 g/mol. The molecule has 0 aliphatic carbocycles. The van der Waals surface area contributed by atoms with Crippen molar-refractivity contribution >= 4 is 52.3 Å². The van der Waals surface area contributed by atoms with E-state index in [1.165, 1.54) is 12.1 Å². The van der Waals surface area contributed by atoms with Gasteiger partial charge in [-0.1, -0.05) is 34.8 Å². The van der Waals surface area contributed by atoms with Crippen LogP contribution in [0, 0.1) is 6.92 Å². The number of aryl methyl sites for hydroxylation is 1. The number of nitrogens with one attached hydrogen (secondary N) is 1. The molecule has 150 valence electrons. The molecule has 2 heterocycles. The highest BCUT2D eigenvalue weighted by molar-refractivity contribution is 6.44. The second-order valence-corrected chi connectivity index (χ2v) is 7.87. The number of rotatable bonds is 4. The largest absolute Gasteiger partial charge is 0.456 e. The van der Waals surface area contributed by atoms with Gasteiger partial charge in [0.05, 0.1) is 26.8 Å². The molecule has 1 N–H and O–H groups in total. The first-order valence-electron chi connectivity index (χ1n) is 8.81. The maximum atomic E-state index is 12.6. The molecule has 0 spiro atoms. The van der Waals surface area contributed by atoms with Crippen molar-refractivity contribution in [3.05, 3.63) is 50.9 Å². The third-order valence-corrected chi connectivity index (χ3v) is 5.78. The van der Waals surface area contributed by atoms with Crippen molar-refractivity contribution in [1.29, 1.82) is 0 Å². The van der Waals surface area contributed by atoms with Crippen LogP contribution in [-0.2, 0) is 4.79 Å². The first kappa shape index (κ1) is 21.0. The normalized spacial score (nSPS) is 16.1. The van der Waals surface area contributed by atoms with E-state index in [1.807, 2.05) is 11.8 Å². The van der Waals surface area contributed by atoms with Crippen molar-refractivity contribution in [3.63, 3.8) is 0 Å². The first-order valence-corrected chi connectivity index (χ1v) is 9.95. The van der Waals surface area contributed by atoms with Crippen LogP contribution in [0.2, 0.25) is 15.1 Å². The summed E-state index contributed by atoms with van der Waals surface area (Å²) in [4.78, 5) is 28.8. The number of halogens is 3. The predicted molar refractivity (Wildman–Crippen MR) is 110 cm³/mol. The Bertz CT molecular complexity index is 892. The number of furan rings is 1. The second-order valence-electron chi connectivity index (χ2n) is 6.65. The lowest BCUT2D eigenvalue weighted by Gasteiger charge is -2.37. The van der Waals surface area contributed by atoms with Crippen LogP contribution in [0.15, 0.2) is 28.7 Å². The van der Waals surface area contributed by atoms with Gasteiger partial charge in [0.15, 0.2) is 5.76 Å². The zero-order valence-electron chi connectivity index (χ0n) is 15.5. The number of piperazine rings is 1. The number of amides is 2. The highest BCUT2D eigenvalue weighted by Crippen LogP contribution is 2.32. The topological polar surface area (TPSA) is 65.8 Å². The lowest BCUT2D eigenvalue weighted by atomic mass is 10.2. The molecular weight excluding hydrogens is 425 g/mol. The first-order chi connectivity index (χ1) is 13.3. The molecule has 1 aliphatic rings. The molecule has 1 saturated heterocycles. The van der Waals surface area contributed by atoms with Crippen LogP contribution in [0.1, 0.15) is 23.2 Å². The van der Waals surface area contributed by atoms with Crippen LogP contribution in [0.5, 0.6) is 0 Å². The van der Waals surface area contributed by atoms with Gasteiger partial charge < -0.3 is 14.6 Å². The number of hydrogen-bond donors (Lipinski definition) is 1. The summed E-state index contributed by atoms with van der Waals surface area (Å²) in [6, 6.07) is 6.07. The quantitative estimate of drug-likeness (QED) is 0.713. The van der Waals surface area contributed by atoms with Crippen molar-refractivity contribution in [2.75, 3.05) is 31.5 Å². The van der Waals surface area contributed by atoms with Gasteiger partial charge >= 0.3 is 0 Å². The third-order valence-electron chi connectivity index (χ3n) is 4.75. The Morgan fingerprint density at radius 3 is 2.29 bits per heavy atom. The SMILES string of the molecule is Cc1ccc(C(=O)N2CCN(C(C)C(=O)Nc3cc(Cl)c(Cl)cc3Cl)CC2)o1. The van der Waals surface area contributed by atoms with E-state index in [1.54, 1.807) is 24.0 Å². The summed E-state index contributed by atoms with van der Waals surface area (Å²) in [7, 11) is 0. The molecule has 1 aromatic heterocycles. The third kappa shape index (κ3) is 4.63. The Morgan fingerprint density at radius 1 is 1.04 bits per heavy atom. The van der Waals surface area contributed by atoms with Crippen molar-refractivity contribution < 1.29 is 14.0 Å². The van der Waals surface area contributed by atoms with Crippen molar-refractivity contribution in [1.82, 2.24) is 9.80 Å². The number of benzene rings is 1. The Labute approximate surface area is 178 Å². The molecule has 1 fully saturated rings. The minimum Gasteiger partial charge on any atom is -0.456 e. The lowest BCUT2D eigenvalue weighted by molar-refractivity contribution is -0.121. The molecule has 1 unspecified atom stereocenters. The van der Waals surface area contributed by atoms with Crippen molar-refractivity contribution in [2.24, 2.45) is 0 Å². The summed E-state index contributed by atoms with van der Waals surface area (Å²) in [5, 5.41) is 3.74. The number of nitrogens with zero attached hydrogens (tertiary/aromatic N) is 2. The zero-order valence-corrected chi connectivity index (χ0v) is 17.7. The summed E-state index contributed by atoms with van der Waals surface area (Å²) in [5.41, 5.74) is 0.412. The molecule has 28 heavy (non-hydrogen) atoms. The molecule has 0 bridgehead atoms. The van der Waals surface area contributed by atoms with E-state index in [4.69, 9.17) is 39.2 Å². The minimum atomic E-state index is -0.395. The Hall–Kier alpha value is -1.73. The van der Waals surface area contributed by atoms with Gasteiger partial charge in [-0.25, -0.2) is 0 Å². The second kappa shape index (κ2) is 8.74. The summed E-state index contributed by atoms with van der Waals surface area (Å²) in [6.07, 6.45) is 0. The smallest absolute Gasteiger partial charge is 0.289 e. The average molecular weight is 445 g/mol. The fourth-order valence-corrected chi connectivity index (χ4v) is 3.63. The minimum absolute atomic E-state index is 0.132. The van der Waals surface area contributed by atoms with Gasteiger partial charge in [0.2, 0.25) is 5.91 Å². The van der Waals surface area contributed by atoms with Gasteiger partial charge in [-0.05, 0) is 38.1 Å². The van der Waals surface area contributed by atoms with Gasteiger partial charge in [0, 0.05) is 26.2 Å². The fraction of sp³-hybridized carbons (Fsp3) is 0.368. The van der Waals surface area contributed by atoms with E-state index >= 15 is 0 Å². The van der Waals surface area contributed by atoms with Crippen LogP contribution >= 0.6 is 34.8 Å². The Kier molecular flexibility index (Phi) is 6.55. The van der Waals surface area contributed by atoms with E-state index in [9.17, 15) is 9.59 Å². The number of hydrogen-bond acceptors (Lipinski definition) is 4. The van der Waals surface area contributed by atoms with E-state index in [0.29, 0.717) is 58.5 Å². The molecule has 1 atom stereocenters. The molecule has 6 nitrogen and oxygen atoms in total. The van der Waals surface area contributed by atoms with Gasteiger partial charge in [0.1, 0.15) is 5.76 Å². The summed E-state index contributed by atoms with van der Waals surface area (Å²) in [6.45, 7) is 5.81. The maximum Gasteiger partial charge on any atom is 0.289 e. The summed E-state index contributed by atoms with van der Waals surface area (Å²) >= 11 is 18.0. The van der Waals surface area contributed by atoms with Crippen LogP contribution in [-0.4, -0.2) is 53.8 Å². The van der Waals surface area contributed by atoms with Gasteiger partial charge in [-0.15, -0.1) is 0 Å². The fourth-order valence-electron chi connectivity index (χ4n) is 3.04. The predicted octanol–water partition coefficient (Wildman–Crippen LogP) is 4.33. The highest BCUT2D eigenvalue weighted by atomic mass is 35.5. The molecule has 1 aromatic carbocycles. The van der Waals surface area contributed by atoms with Gasteiger partial charge in [-0.3, -0.25) is 14.5 Å². The highest BCUT2D eigenvalue weighted by Gasteiger charge is 2.29. The molecule has 3 rings (SSSR count). The molecule has 0 radical (unpaired) electrons. The standard InChI is InChI=1S/C19H20Cl3N3O3/c1-11-3-4-17(28-11)19(27)25-7-5-24(6-8-25)12(2)18(26)23-16-10-14(21)13(20)9-15(16)22/h3-4,9-10,12H,5-8H2,1-2H3,(H,23,26). The lowest BCUT2D eigenvalue weighted by Crippen LogP contribution is -2.54. The summed E-state index contributed by atoms with van der Waals surface area (Å²) < 4.78 is 5.41. The van der Waals surface area contributed by atoms with Crippen LogP contribution in [0.25, 0.3) is 0 Å². The number of anilines is 1. The summed E-state index contributed by atoms with van der Waals surface area (Å²) in [5.74, 6) is 0.702. The Balaban J connectivity index is 1.57. The average Bonchev–Trinajstić information content (AvgIpc) is 3.11. The molecule has 9 heteroatoms. The van der Waals surface area contributed by atoms with Gasteiger partial charge in [-0.2, -0.15) is 0 Å². The van der Waals surface area contributed by atoms with Crippen LogP contribution in [0.4, 0.5) is 5.69 Å².